The highest BCUT2D eigenvalue weighted by Gasteiger charge is 2.13. The smallest absolute Gasteiger partial charge is 0.226 e. The molecule has 0 atom stereocenters. The summed E-state index contributed by atoms with van der Waals surface area (Å²) in [4.78, 5) is 12.1. The van der Waals surface area contributed by atoms with Crippen LogP contribution in [0, 0.1) is 35.8 Å². The number of nitrogens with zero attached hydrogens (tertiary/aromatic N) is 10. The van der Waals surface area contributed by atoms with Gasteiger partial charge < -0.3 is 0 Å². The van der Waals surface area contributed by atoms with Crippen molar-refractivity contribution in [2.45, 2.75) is 0 Å². The molecular weight excluding hydrogens is 380 g/mol. The second-order valence-electron chi connectivity index (χ2n) is 5.73. The van der Waals surface area contributed by atoms with Crippen molar-refractivity contribution in [3.05, 3.63) is 90.6 Å². The Kier molecular flexibility index (Phi) is 5.15. The molecule has 0 spiro atoms. The summed E-state index contributed by atoms with van der Waals surface area (Å²) in [7, 11) is 0. The first-order valence-corrected chi connectivity index (χ1v) is 8.06. The predicted octanol–water partition coefficient (Wildman–Crippen LogP) is 4.98. The Morgan fingerprint density at radius 1 is 0.733 bits per heavy atom. The normalized spacial score (nSPS) is 11.6. The zero-order valence-corrected chi connectivity index (χ0v) is 14.9. The molecule has 0 radical (unpaired) electrons. The second-order valence-corrected chi connectivity index (χ2v) is 5.73. The standard InChI is InChI=1S/C20H6N10/c1-25-17(9-21)19-13-5-3-12(28-30-24)8-16(13)20(18(10-22)26-2)14-6-4-11(27-29-23)7-15(14)19/h3-8H/b19-17-,20-18+. The molecule has 0 amide bonds. The lowest BCUT2D eigenvalue weighted by atomic mass is 9.95. The molecule has 0 heterocycles. The number of fused-ring (bicyclic) bond motifs is 2. The molecule has 3 aromatic rings. The van der Waals surface area contributed by atoms with Crippen molar-refractivity contribution in [3.63, 3.8) is 0 Å². The maximum absolute atomic E-state index is 9.53. The largest absolute Gasteiger partial charge is 0.270 e. The van der Waals surface area contributed by atoms with E-state index in [0.717, 1.165) is 0 Å². The molecule has 0 aromatic heterocycles. The Hall–Kier alpha value is -5.50. The van der Waals surface area contributed by atoms with Gasteiger partial charge in [-0.2, -0.15) is 0 Å². The number of hydrogen-bond donors (Lipinski definition) is 0. The van der Waals surface area contributed by atoms with Crippen LogP contribution in [0.3, 0.4) is 0 Å². The lowest BCUT2D eigenvalue weighted by Crippen LogP contribution is -2.17. The number of benzene rings is 3. The van der Waals surface area contributed by atoms with Gasteiger partial charge in [0.1, 0.15) is 0 Å². The zero-order chi connectivity index (χ0) is 21.7. The third-order valence-electron chi connectivity index (χ3n) is 4.31. The van der Waals surface area contributed by atoms with Gasteiger partial charge in [0.15, 0.2) is 0 Å². The van der Waals surface area contributed by atoms with Crippen LogP contribution in [0.15, 0.2) is 46.6 Å². The number of nitriles is 2. The third kappa shape index (κ3) is 3.04. The van der Waals surface area contributed by atoms with E-state index in [0.29, 0.717) is 21.5 Å². The molecule has 0 saturated heterocycles. The van der Waals surface area contributed by atoms with E-state index in [4.69, 9.17) is 24.2 Å². The van der Waals surface area contributed by atoms with Crippen LogP contribution in [0.5, 0.6) is 0 Å². The van der Waals surface area contributed by atoms with Crippen LogP contribution in [0.4, 0.5) is 11.4 Å². The summed E-state index contributed by atoms with van der Waals surface area (Å²) in [6.45, 7) is 14.8. The van der Waals surface area contributed by atoms with Crippen molar-refractivity contribution < 1.29 is 0 Å². The monoisotopic (exact) mass is 386 g/mol. The van der Waals surface area contributed by atoms with E-state index in [1.165, 1.54) is 24.3 Å². The lowest BCUT2D eigenvalue weighted by Gasteiger charge is -2.10. The molecule has 3 rings (SSSR count). The Balaban J connectivity index is 2.91. The number of rotatable bonds is 2. The zero-order valence-electron chi connectivity index (χ0n) is 14.9. The van der Waals surface area contributed by atoms with Gasteiger partial charge in [0.25, 0.3) is 11.4 Å². The molecule has 0 aliphatic carbocycles. The highest BCUT2D eigenvalue weighted by Crippen LogP contribution is 2.25. The van der Waals surface area contributed by atoms with E-state index in [9.17, 15) is 10.5 Å². The van der Waals surface area contributed by atoms with Gasteiger partial charge in [0, 0.05) is 31.6 Å². The van der Waals surface area contributed by atoms with E-state index in [1.54, 1.807) is 12.1 Å². The Bertz CT molecular complexity index is 1480. The van der Waals surface area contributed by atoms with E-state index >= 15 is 0 Å². The van der Waals surface area contributed by atoms with Crippen molar-refractivity contribution in [1.29, 1.82) is 10.5 Å². The summed E-state index contributed by atoms with van der Waals surface area (Å²) in [5.74, 6) is 0. The summed E-state index contributed by atoms with van der Waals surface area (Å²) in [5, 5.41) is 28.3. The molecule has 0 saturated carbocycles. The van der Waals surface area contributed by atoms with E-state index in [1.807, 2.05) is 12.1 Å². The van der Waals surface area contributed by atoms with Crippen LogP contribution in [0.1, 0.15) is 0 Å². The number of azide groups is 2. The first kappa shape index (κ1) is 19.3. The van der Waals surface area contributed by atoms with Gasteiger partial charge >= 0.3 is 0 Å². The fraction of sp³-hybridized carbons (Fsp3) is 0. The quantitative estimate of drug-likeness (QED) is 0.200. The highest BCUT2D eigenvalue weighted by molar-refractivity contribution is 6.05. The summed E-state index contributed by atoms with van der Waals surface area (Å²) in [6, 6.07) is 12.8. The fourth-order valence-electron chi connectivity index (χ4n) is 3.22. The molecule has 0 aliphatic rings. The molecule has 0 aliphatic heterocycles. The van der Waals surface area contributed by atoms with Gasteiger partial charge in [0.2, 0.25) is 0 Å². The Labute approximate surface area is 168 Å². The summed E-state index contributed by atoms with van der Waals surface area (Å²) in [6.07, 6.45) is 0. The van der Waals surface area contributed by atoms with Crippen molar-refractivity contribution in [1.82, 2.24) is 0 Å². The van der Waals surface area contributed by atoms with Crippen molar-refractivity contribution in [2.75, 3.05) is 0 Å². The maximum atomic E-state index is 9.53. The summed E-state index contributed by atoms with van der Waals surface area (Å²) < 4.78 is 0. The van der Waals surface area contributed by atoms with E-state index in [-0.39, 0.29) is 33.2 Å². The third-order valence-corrected chi connectivity index (χ3v) is 4.31. The highest BCUT2D eigenvalue weighted by atomic mass is 15.1. The topological polar surface area (TPSA) is 154 Å². The first-order chi connectivity index (χ1) is 14.6. The minimum absolute atomic E-state index is 0.215. The molecular formula is C20H6N10. The average molecular weight is 386 g/mol. The second kappa shape index (κ2) is 8.03. The molecule has 0 unspecified atom stereocenters. The molecule has 30 heavy (non-hydrogen) atoms. The van der Waals surface area contributed by atoms with Crippen molar-refractivity contribution in [3.8, 4) is 12.1 Å². The molecule has 0 bridgehead atoms. The SMILES string of the molecule is [C-]#[N+]/C(C#N)=c1\c2cc(N=[N+]=[N-])ccc2/c(=C(/C#N)[N+]#[C-])c2cc(N=[N+]=[N-])ccc12. The van der Waals surface area contributed by atoms with Gasteiger partial charge in [-0.15, -0.1) is 0 Å². The summed E-state index contributed by atoms with van der Waals surface area (Å²) in [5.41, 5.74) is 17.6. The fourth-order valence-corrected chi connectivity index (χ4v) is 3.22. The maximum Gasteiger partial charge on any atom is 0.270 e. The van der Waals surface area contributed by atoms with E-state index in [2.05, 4.69) is 29.7 Å². The van der Waals surface area contributed by atoms with Gasteiger partial charge in [-0.1, -0.05) is 34.5 Å². The van der Waals surface area contributed by atoms with Crippen LogP contribution < -0.4 is 10.4 Å². The van der Waals surface area contributed by atoms with Crippen LogP contribution in [0.25, 0.3) is 63.5 Å². The first-order valence-electron chi connectivity index (χ1n) is 8.06. The average Bonchev–Trinajstić information content (AvgIpc) is 2.76. The molecule has 3 aromatic carbocycles. The molecule has 0 N–H and O–H groups in total. The van der Waals surface area contributed by atoms with Crippen LogP contribution >= 0.6 is 0 Å². The van der Waals surface area contributed by atoms with Gasteiger partial charge in [-0.05, 0) is 44.7 Å². The van der Waals surface area contributed by atoms with Crippen LogP contribution in [-0.2, 0) is 0 Å². The molecule has 10 heteroatoms. The molecule has 136 valence electrons. The van der Waals surface area contributed by atoms with Crippen LogP contribution in [0.2, 0.25) is 0 Å². The van der Waals surface area contributed by atoms with Crippen molar-refractivity contribution >= 4 is 44.3 Å². The predicted molar refractivity (Wildman–Crippen MR) is 110 cm³/mol. The lowest BCUT2D eigenvalue weighted by molar-refractivity contribution is 1.48. The summed E-state index contributed by atoms with van der Waals surface area (Å²) >= 11 is 0. The Morgan fingerprint density at radius 3 is 1.43 bits per heavy atom. The van der Waals surface area contributed by atoms with Gasteiger partial charge in [0.05, 0.1) is 25.3 Å². The minimum atomic E-state index is -0.215. The minimum Gasteiger partial charge on any atom is -0.226 e. The van der Waals surface area contributed by atoms with Crippen LogP contribution in [-0.4, -0.2) is 0 Å². The molecule has 0 fully saturated rings. The number of hydrogen-bond acceptors (Lipinski definition) is 4. The Morgan fingerprint density at radius 2 is 1.13 bits per heavy atom. The molecule has 10 nitrogen and oxygen atoms in total. The van der Waals surface area contributed by atoms with E-state index < -0.39 is 0 Å². The van der Waals surface area contributed by atoms with Gasteiger partial charge in [-0.25, -0.2) is 20.2 Å². The van der Waals surface area contributed by atoms with Crippen molar-refractivity contribution in [2.24, 2.45) is 10.2 Å². The van der Waals surface area contributed by atoms with Gasteiger partial charge in [-0.3, -0.25) is 0 Å².